The first-order valence-corrected chi connectivity index (χ1v) is 11.6. The van der Waals surface area contributed by atoms with E-state index in [1.54, 1.807) is 19.1 Å². The third-order valence-electron chi connectivity index (χ3n) is 5.43. The first-order chi connectivity index (χ1) is 16.1. The summed E-state index contributed by atoms with van der Waals surface area (Å²) in [6, 6.07) is 14.9. The molecule has 10 heteroatoms. The zero-order valence-electron chi connectivity index (χ0n) is 18.3. The van der Waals surface area contributed by atoms with Gasteiger partial charge in [0, 0.05) is 18.7 Å². The summed E-state index contributed by atoms with van der Waals surface area (Å²) in [6.45, 7) is 6.51. The number of hydrogen-bond acceptors (Lipinski definition) is 8. The maximum Gasteiger partial charge on any atom is 0.240 e. The normalized spacial score (nSPS) is 15.1. The number of aryl methyl sites for hydroxylation is 1. The van der Waals surface area contributed by atoms with Gasteiger partial charge in [0.05, 0.1) is 24.2 Å². The summed E-state index contributed by atoms with van der Waals surface area (Å²) in [5, 5.41) is 13.5. The lowest BCUT2D eigenvalue weighted by molar-refractivity contribution is 0.122. The van der Waals surface area contributed by atoms with Crippen molar-refractivity contribution < 1.29 is 13.7 Å². The Bertz CT molecular complexity index is 1240. The Morgan fingerprint density at radius 1 is 1.06 bits per heavy atom. The Kier molecular flexibility index (Phi) is 6.10. The van der Waals surface area contributed by atoms with Crippen LogP contribution in [0.5, 0.6) is 0 Å². The van der Waals surface area contributed by atoms with Gasteiger partial charge >= 0.3 is 0 Å². The monoisotopic (exact) mass is 466 g/mol. The molecule has 170 valence electrons. The van der Waals surface area contributed by atoms with Crippen LogP contribution < -0.4 is 4.90 Å². The summed E-state index contributed by atoms with van der Waals surface area (Å²) >= 11 is 1.48. The van der Waals surface area contributed by atoms with Gasteiger partial charge < -0.3 is 14.2 Å². The second kappa shape index (κ2) is 9.32. The molecule has 0 amide bonds. The minimum atomic E-state index is -0.298. The van der Waals surface area contributed by atoms with Crippen LogP contribution >= 0.6 is 11.8 Å². The minimum Gasteiger partial charge on any atom is -0.378 e. The molecule has 0 radical (unpaired) electrons. The van der Waals surface area contributed by atoms with Crippen molar-refractivity contribution in [1.82, 2.24) is 24.9 Å². The Morgan fingerprint density at radius 3 is 2.61 bits per heavy atom. The number of thioether (sulfide) groups is 1. The van der Waals surface area contributed by atoms with Crippen molar-refractivity contribution in [3.63, 3.8) is 0 Å². The molecular formula is C23H23FN6O2S. The molecule has 1 saturated heterocycles. The molecule has 1 aliphatic rings. The number of hydrogen-bond donors (Lipinski definition) is 0. The highest BCUT2D eigenvalue weighted by atomic mass is 32.2. The molecular weight excluding hydrogens is 443 g/mol. The average Bonchev–Trinajstić information content (AvgIpc) is 3.50. The molecule has 0 spiro atoms. The fourth-order valence-electron chi connectivity index (χ4n) is 3.57. The third-order valence-corrected chi connectivity index (χ3v) is 6.46. The Balaban J connectivity index is 1.43. The van der Waals surface area contributed by atoms with Crippen LogP contribution in [0.4, 0.5) is 10.3 Å². The number of morpholine rings is 1. The van der Waals surface area contributed by atoms with E-state index >= 15 is 0 Å². The van der Waals surface area contributed by atoms with Crippen molar-refractivity contribution in [2.75, 3.05) is 31.2 Å². The highest BCUT2D eigenvalue weighted by molar-refractivity contribution is 7.99. The molecule has 33 heavy (non-hydrogen) atoms. The van der Waals surface area contributed by atoms with Gasteiger partial charge in [-0.15, -0.1) is 10.2 Å². The van der Waals surface area contributed by atoms with E-state index in [1.807, 2.05) is 41.8 Å². The molecule has 1 atom stereocenters. The van der Waals surface area contributed by atoms with Gasteiger partial charge in [-0.1, -0.05) is 47.3 Å². The highest BCUT2D eigenvalue weighted by Gasteiger charge is 2.25. The number of halogens is 1. The molecule has 8 nitrogen and oxygen atoms in total. The fourth-order valence-corrected chi connectivity index (χ4v) is 4.46. The quantitative estimate of drug-likeness (QED) is 0.386. The average molecular weight is 467 g/mol. The second-order valence-electron chi connectivity index (χ2n) is 7.73. The molecule has 2 aromatic carbocycles. The van der Waals surface area contributed by atoms with Gasteiger partial charge in [0.2, 0.25) is 17.7 Å². The molecule has 0 saturated carbocycles. The van der Waals surface area contributed by atoms with Crippen molar-refractivity contribution >= 4 is 17.7 Å². The van der Waals surface area contributed by atoms with Crippen molar-refractivity contribution in [2.24, 2.45) is 0 Å². The van der Waals surface area contributed by atoms with E-state index in [2.05, 4.69) is 25.2 Å². The molecule has 0 bridgehead atoms. The Labute approximate surface area is 194 Å². The topological polar surface area (TPSA) is 82.1 Å². The molecule has 0 aliphatic carbocycles. The van der Waals surface area contributed by atoms with Gasteiger partial charge in [0.25, 0.3) is 0 Å². The summed E-state index contributed by atoms with van der Waals surface area (Å²) in [7, 11) is 0. The summed E-state index contributed by atoms with van der Waals surface area (Å²) in [5.74, 6) is 1.27. The van der Waals surface area contributed by atoms with Crippen LogP contribution in [-0.2, 0) is 4.74 Å². The lowest BCUT2D eigenvalue weighted by Gasteiger charge is -2.28. The number of ether oxygens (including phenoxy) is 1. The maximum atomic E-state index is 14.0. The molecule has 1 unspecified atom stereocenters. The van der Waals surface area contributed by atoms with E-state index in [0.717, 1.165) is 29.9 Å². The second-order valence-corrected chi connectivity index (χ2v) is 9.04. The van der Waals surface area contributed by atoms with E-state index in [1.165, 1.54) is 17.8 Å². The van der Waals surface area contributed by atoms with Crippen molar-refractivity contribution in [3.8, 4) is 17.1 Å². The minimum absolute atomic E-state index is 0.189. The van der Waals surface area contributed by atoms with Gasteiger partial charge in [-0.2, -0.15) is 4.98 Å². The maximum absolute atomic E-state index is 14.0. The van der Waals surface area contributed by atoms with Gasteiger partial charge in [0.1, 0.15) is 5.82 Å². The van der Waals surface area contributed by atoms with Crippen molar-refractivity contribution in [1.29, 1.82) is 0 Å². The Morgan fingerprint density at radius 2 is 1.85 bits per heavy atom. The van der Waals surface area contributed by atoms with E-state index in [0.29, 0.717) is 36.1 Å². The molecule has 2 aromatic heterocycles. The van der Waals surface area contributed by atoms with E-state index in [-0.39, 0.29) is 11.1 Å². The van der Waals surface area contributed by atoms with Crippen molar-refractivity contribution in [2.45, 2.75) is 24.3 Å². The predicted octanol–water partition coefficient (Wildman–Crippen LogP) is 4.45. The lowest BCUT2D eigenvalue weighted by atomic mass is 10.1. The molecule has 4 aromatic rings. The van der Waals surface area contributed by atoms with Crippen molar-refractivity contribution in [3.05, 3.63) is 65.8 Å². The fraction of sp³-hybridized carbons (Fsp3) is 0.304. The first kappa shape index (κ1) is 21.6. The highest BCUT2D eigenvalue weighted by Crippen LogP contribution is 2.37. The number of anilines is 1. The molecule has 1 aliphatic heterocycles. The van der Waals surface area contributed by atoms with Crippen LogP contribution in [-0.4, -0.2) is 51.2 Å². The summed E-state index contributed by atoms with van der Waals surface area (Å²) in [4.78, 5) is 6.67. The summed E-state index contributed by atoms with van der Waals surface area (Å²) in [6.07, 6.45) is 0. The molecule has 0 N–H and O–H groups in total. The molecule has 5 rings (SSSR count). The molecule has 3 heterocycles. The van der Waals surface area contributed by atoms with E-state index in [4.69, 9.17) is 9.26 Å². The van der Waals surface area contributed by atoms with Crippen LogP contribution in [0.1, 0.15) is 23.6 Å². The Hall–Kier alpha value is -3.24. The van der Waals surface area contributed by atoms with Crippen LogP contribution in [0.3, 0.4) is 0 Å². The van der Waals surface area contributed by atoms with Crippen LogP contribution in [0.25, 0.3) is 17.1 Å². The van der Waals surface area contributed by atoms with Gasteiger partial charge in [-0.3, -0.25) is 4.57 Å². The lowest BCUT2D eigenvalue weighted by Crippen LogP contribution is -2.37. The zero-order valence-corrected chi connectivity index (χ0v) is 19.1. The number of benzene rings is 2. The summed E-state index contributed by atoms with van der Waals surface area (Å²) in [5.41, 5.74) is 2.12. The molecule has 1 fully saturated rings. The number of aromatic nitrogens is 5. The summed E-state index contributed by atoms with van der Waals surface area (Å²) < 4.78 is 27.0. The third kappa shape index (κ3) is 4.49. The van der Waals surface area contributed by atoms with Crippen LogP contribution in [0.2, 0.25) is 0 Å². The smallest absolute Gasteiger partial charge is 0.240 e. The number of nitrogens with zero attached hydrogens (tertiary/aromatic N) is 6. The van der Waals surface area contributed by atoms with Crippen LogP contribution in [0.15, 0.2) is 58.2 Å². The van der Waals surface area contributed by atoms with Crippen LogP contribution in [0, 0.1) is 12.7 Å². The van der Waals surface area contributed by atoms with E-state index < -0.39 is 0 Å². The van der Waals surface area contributed by atoms with Gasteiger partial charge in [-0.05, 0) is 37.6 Å². The SMILES string of the molecule is Cc1ccc(-c2noc(C(C)Sc3nnc(N4CCOCC4)n3-c3ccccc3)n2)cc1F. The number of rotatable bonds is 6. The van der Waals surface area contributed by atoms with Gasteiger partial charge in [0.15, 0.2) is 5.16 Å². The predicted molar refractivity (Wildman–Crippen MR) is 123 cm³/mol. The van der Waals surface area contributed by atoms with E-state index in [9.17, 15) is 4.39 Å². The zero-order chi connectivity index (χ0) is 22.8. The van der Waals surface area contributed by atoms with Gasteiger partial charge in [-0.25, -0.2) is 4.39 Å². The number of para-hydroxylation sites is 1. The first-order valence-electron chi connectivity index (χ1n) is 10.7. The standard InChI is InChI=1S/C23H23FN6O2S/c1-15-8-9-17(14-19(15)24)20-25-21(32-28-20)16(2)33-23-27-26-22(29-10-12-31-13-11-29)30(23)18-6-4-3-5-7-18/h3-9,14,16H,10-13H2,1-2H3. The largest absolute Gasteiger partial charge is 0.378 e.